The van der Waals surface area contributed by atoms with E-state index >= 15 is 0 Å². The van der Waals surface area contributed by atoms with Crippen LogP contribution in [-0.2, 0) is 4.74 Å². The molecule has 0 atom stereocenters. The number of hydrogen-bond acceptors (Lipinski definition) is 5. The molecule has 0 radical (unpaired) electrons. The molecule has 132 valence electrons. The van der Waals surface area contributed by atoms with Gasteiger partial charge >= 0.3 is 0 Å². The van der Waals surface area contributed by atoms with Crippen molar-refractivity contribution in [3.05, 3.63) is 33.9 Å². The minimum absolute atomic E-state index is 0.0762. The molecule has 0 aromatic heterocycles. The lowest BCUT2D eigenvalue weighted by Crippen LogP contribution is -2.38. The Bertz CT molecular complexity index is 585. The highest BCUT2D eigenvalue weighted by molar-refractivity contribution is 6.00. The number of ether oxygens (including phenoxy) is 1. The van der Waals surface area contributed by atoms with Gasteiger partial charge in [0.1, 0.15) is 0 Å². The van der Waals surface area contributed by atoms with Crippen molar-refractivity contribution in [2.75, 3.05) is 32.6 Å². The molecule has 0 bridgehead atoms. The standard InChI is InChI=1S/C17H25N3O4/c1-19(13-6-4-3-5-7-13)17(21)15-12-14(20(22)23)8-9-16(15)18-10-11-24-2/h8-9,12-13,18H,3-7,10-11H2,1-2H3. The third-order valence-electron chi connectivity index (χ3n) is 4.51. The quantitative estimate of drug-likeness (QED) is 0.470. The van der Waals surface area contributed by atoms with Crippen LogP contribution in [0.2, 0.25) is 0 Å². The fourth-order valence-electron chi connectivity index (χ4n) is 3.09. The Morgan fingerprint density at radius 2 is 2.08 bits per heavy atom. The number of hydrogen-bond donors (Lipinski definition) is 1. The van der Waals surface area contributed by atoms with Gasteiger partial charge in [0, 0.05) is 44.6 Å². The number of methoxy groups -OCH3 is 1. The predicted octanol–water partition coefficient (Wildman–Crippen LogP) is 3.06. The van der Waals surface area contributed by atoms with E-state index in [-0.39, 0.29) is 17.6 Å². The molecule has 1 fully saturated rings. The molecule has 0 aliphatic heterocycles. The second kappa shape index (κ2) is 8.63. The molecule has 1 aliphatic carbocycles. The van der Waals surface area contributed by atoms with Gasteiger partial charge in [0.05, 0.1) is 17.1 Å². The number of nitro benzene ring substituents is 1. The molecule has 1 aromatic carbocycles. The van der Waals surface area contributed by atoms with Gasteiger partial charge in [-0.15, -0.1) is 0 Å². The van der Waals surface area contributed by atoms with Crippen LogP contribution < -0.4 is 5.32 Å². The zero-order valence-electron chi connectivity index (χ0n) is 14.3. The fraction of sp³-hybridized carbons (Fsp3) is 0.588. The van der Waals surface area contributed by atoms with E-state index in [1.54, 1.807) is 25.1 Å². The zero-order valence-corrected chi connectivity index (χ0v) is 14.3. The summed E-state index contributed by atoms with van der Waals surface area (Å²) in [6, 6.07) is 4.57. The van der Waals surface area contributed by atoms with E-state index < -0.39 is 4.92 Å². The van der Waals surface area contributed by atoms with Crippen LogP contribution in [0.1, 0.15) is 42.5 Å². The zero-order chi connectivity index (χ0) is 17.5. The number of anilines is 1. The molecule has 1 aliphatic rings. The van der Waals surface area contributed by atoms with Crippen LogP contribution in [0.4, 0.5) is 11.4 Å². The maximum Gasteiger partial charge on any atom is 0.270 e. The number of benzene rings is 1. The molecule has 0 saturated heterocycles. The van der Waals surface area contributed by atoms with E-state index in [9.17, 15) is 14.9 Å². The number of non-ortho nitro benzene ring substituents is 1. The summed E-state index contributed by atoms with van der Waals surface area (Å²) in [7, 11) is 3.39. The second-order valence-corrected chi connectivity index (χ2v) is 6.11. The molecular weight excluding hydrogens is 310 g/mol. The summed E-state index contributed by atoms with van der Waals surface area (Å²) >= 11 is 0. The largest absolute Gasteiger partial charge is 0.383 e. The molecular formula is C17H25N3O4. The van der Waals surface area contributed by atoms with Crippen molar-refractivity contribution in [2.24, 2.45) is 0 Å². The van der Waals surface area contributed by atoms with Gasteiger partial charge in [-0.25, -0.2) is 0 Å². The molecule has 1 aromatic rings. The van der Waals surface area contributed by atoms with Crippen molar-refractivity contribution in [1.82, 2.24) is 4.90 Å². The van der Waals surface area contributed by atoms with Crippen LogP contribution in [0.3, 0.4) is 0 Å². The van der Waals surface area contributed by atoms with Crippen molar-refractivity contribution in [2.45, 2.75) is 38.1 Å². The number of amides is 1. The number of carbonyl (C=O) groups is 1. The van der Waals surface area contributed by atoms with Crippen LogP contribution in [-0.4, -0.2) is 49.1 Å². The Morgan fingerprint density at radius 3 is 2.71 bits per heavy atom. The molecule has 1 amide bonds. The highest BCUT2D eigenvalue weighted by atomic mass is 16.6. The first-order valence-corrected chi connectivity index (χ1v) is 8.33. The average molecular weight is 335 g/mol. The molecule has 1 saturated carbocycles. The minimum Gasteiger partial charge on any atom is -0.383 e. The molecule has 0 spiro atoms. The van der Waals surface area contributed by atoms with Gasteiger partial charge in [-0.1, -0.05) is 19.3 Å². The van der Waals surface area contributed by atoms with E-state index in [0.717, 1.165) is 25.7 Å². The Balaban J connectivity index is 2.24. The van der Waals surface area contributed by atoms with Crippen molar-refractivity contribution in [1.29, 1.82) is 0 Å². The number of nitro groups is 1. The maximum atomic E-state index is 12.9. The van der Waals surface area contributed by atoms with Crippen LogP contribution in [0.15, 0.2) is 18.2 Å². The highest BCUT2D eigenvalue weighted by Crippen LogP contribution is 2.27. The SMILES string of the molecule is COCCNc1ccc([N+](=O)[O-])cc1C(=O)N(C)C1CCCCC1. The van der Waals surface area contributed by atoms with Gasteiger partial charge in [-0.3, -0.25) is 14.9 Å². The average Bonchev–Trinajstić information content (AvgIpc) is 2.61. The number of carbonyl (C=O) groups excluding carboxylic acids is 1. The van der Waals surface area contributed by atoms with Gasteiger partial charge in [0.15, 0.2) is 0 Å². The summed E-state index contributed by atoms with van der Waals surface area (Å²) in [4.78, 5) is 25.2. The monoisotopic (exact) mass is 335 g/mol. The normalized spacial score (nSPS) is 15.1. The van der Waals surface area contributed by atoms with E-state index in [4.69, 9.17) is 4.74 Å². The van der Waals surface area contributed by atoms with Crippen molar-refractivity contribution < 1.29 is 14.5 Å². The summed E-state index contributed by atoms with van der Waals surface area (Å²) in [5, 5.41) is 14.2. The molecule has 0 heterocycles. The molecule has 24 heavy (non-hydrogen) atoms. The summed E-state index contributed by atoms with van der Waals surface area (Å²) in [5.41, 5.74) is 0.867. The Hall–Kier alpha value is -2.15. The van der Waals surface area contributed by atoms with Gasteiger partial charge < -0.3 is 15.0 Å². The Kier molecular flexibility index (Phi) is 6.54. The Labute approximate surface area is 142 Å². The number of nitrogens with zero attached hydrogens (tertiary/aromatic N) is 2. The summed E-state index contributed by atoms with van der Waals surface area (Å²) in [6.45, 7) is 1.02. The summed E-state index contributed by atoms with van der Waals surface area (Å²) in [6.07, 6.45) is 5.43. The van der Waals surface area contributed by atoms with Gasteiger partial charge in [-0.2, -0.15) is 0 Å². The third kappa shape index (κ3) is 4.44. The molecule has 2 rings (SSSR count). The van der Waals surface area contributed by atoms with E-state index in [0.29, 0.717) is 24.4 Å². The highest BCUT2D eigenvalue weighted by Gasteiger charge is 2.26. The van der Waals surface area contributed by atoms with Crippen LogP contribution >= 0.6 is 0 Å². The van der Waals surface area contributed by atoms with Gasteiger partial charge in [0.25, 0.3) is 11.6 Å². The first-order chi connectivity index (χ1) is 11.5. The third-order valence-corrected chi connectivity index (χ3v) is 4.51. The lowest BCUT2D eigenvalue weighted by atomic mass is 9.94. The number of nitrogens with one attached hydrogen (secondary N) is 1. The lowest BCUT2D eigenvalue weighted by molar-refractivity contribution is -0.384. The molecule has 7 nitrogen and oxygen atoms in total. The predicted molar refractivity (Wildman–Crippen MR) is 92.4 cm³/mol. The van der Waals surface area contributed by atoms with E-state index in [1.807, 2.05) is 0 Å². The van der Waals surface area contributed by atoms with Crippen LogP contribution in [0.5, 0.6) is 0 Å². The fourth-order valence-corrected chi connectivity index (χ4v) is 3.09. The molecule has 0 unspecified atom stereocenters. The van der Waals surface area contributed by atoms with E-state index in [2.05, 4.69) is 5.32 Å². The smallest absolute Gasteiger partial charge is 0.270 e. The van der Waals surface area contributed by atoms with Crippen LogP contribution in [0, 0.1) is 10.1 Å². The summed E-state index contributed by atoms with van der Waals surface area (Å²) < 4.78 is 5.00. The van der Waals surface area contributed by atoms with Crippen molar-refractivity contribution in [3.63, 3.8) is 0 Å². The van der Waals surface area contributed by atoms with Crippen LogP contribution in [0.25, 0.3) is 0 Å². The number of rotatable bonds is 7. The van der Waals surface area contributed by atoms with Crippen molar-refractivity contribution >= 4 is 17.3 Å². The van der Waals surface area contributed by atoms with Crippen molar-refractivity contribution in [3.8, 4) is 0 Å². The second-order valence-electron chi connectivity index (χ2n) is 6.11. The van der Waals surface area contributed by atoms with E-state index in [1.165, 1.54) is 18.6 Å². The lowest BCUT2D eigenvalue weighted by Gasteiger charge is -2.31. The molecule has 1 N–H and O–H groups in total. The molecule has 7 heteroatoms. The topological polar surface area (TPSA) is 84.7 Å². The van der Waals surface area contributed by atoms with Gasteiger partial charge in [0.2, 0.25) is 0 Å². The summed E-state index contributed by atoms with van der Waals surface area (Å²) in [5.74, 6) is -0.175. The minimum atomic E-state index is -0.476. The first kappa shape index (κ1) is 18.2. The Morgan fingerprint density at radius 1 is 1.38 bits per heavy atom. The maximum absolute atomic E-state index is 12.9. The first-order valence-electron chi connectivity index (χ1n) is 8.33. The van der Waals surface area contributed by atoms with Gasteiger partial charge in [-0.05, 0) is 18.9 Å².